The van der Waals surface area contributed by atoms with Gasteiger partial charge in [-0.25, -0.2) is 0 Å². The third-order valence-corrected chi connectivity index (χ3v) is 7.19. The lowest BCUT2D eigenvalue weighted by molar-refractivity contribution is -0.151. The molecule has 1 heterocycles. The Morgan fingerprint density at radius 3 is 2.52 bits per heavy atom. The summed E-state index contributed by atoms with van der Waals surface area (Å²) in [5, 5.41) is 9.86. The van der Waals surface area contributed by atoms with Crippen LogP contribution in [0.25, 0.3) is 0 Å². The summed E-state index contributed by atoms with van der Waals surface area (Å²) >= 11 is 0. The number of aliphatic carboxylic acids is 1. The zero-order valence-electron chi connectivity index (χ0n) is 19.4. The predicted molar refractivity (Wildman–Crippen MR) is 122 cm³/mol. The molecule has 0 spiro atoms. The number of para-hydroxylation sites is 1. The van der Waals surface area contributed by atoms with Crippen molar-refractivity contribution in [3.8, 4) is 11.5 Å². The zero-order chi connectivity index (χ0) is 23.4. The van der Waals surface area contributed by atoms with Crippen molar-refractivity contribution in [1.82, 2.24) is 9.80 Å². The van der Waals surface area contributed by atoms with E-state index in [-0.39, 0.29) is 17.7 Å². The van der Waals surface area contributed by atoms with Gasteiger partial charge >= 0.3 is 5.97 Å². The molecule has 1 N–H and O–H groups in total. The fraction of sp³-hybridized carbons (Fsp3) is 0.600. The van der Waals surface area contributed by atoms with Gasteiger partial charge in [0.05, 0.1) is 39.3 Å². The van der Waals surface area contributed by atoms with Crippen LogP contribution in [-0.2, 0) is 20.9 Å². The summed E-state index contributed by atoms with van der Waals surface area (Å²) in [5.74, 6) is -0.960. The number of morpholine rings is 1. The van der Waals surface area contributed by atoms with Crippen molar-refractivity contribution in [2.45, 2.75) is 19.4 Å². The second-order valence-electron chi connectivity index (χ2n) is 9.06. The molecule has 180 valence electrons. The van der Waals surface area contributed by atoms with Crippen LogP contribution in [0.3, 0.4) is 0 Å². The molecule has 4 atom stereocenters. The van der Waals surface area contributed by atoms with Crippen molar-refractivity contribution in [3.63, 3.8) is 0 Å². The molecule has 1 aliphatic heterocycles. The number of methoxy groups -OCH3 is 2. The molecule has 3 aliphatic rings. The Hall–Kier alpha value is -2.58. The number of nitrogens with zero attached hydrogens (tertiary/aromatic N) is 2. The molecule has 0 radical (unpaired) electrons. The molecule has 1 aromatic rings. The minimum Gasteiger partial charge on any atom is -0.493 e. The molecule has 4 rings (SSSR count). The van der Waals surface area contributed by atoms with E-state index in [0.29, 0.717) is 24.6 Å². The van der Waals surface area contributed by atoms with Gasteiger partial charge in [-0.3, -0.25) is 14.5 Å². The van der Waals surface area contributed by atoms with Crippen molar-refractivity contribution >= 4 is 11.9 Å². The van der Waals surface area contributed by atoms with Gasteiger partial charge in [-0.05, 0) is 30.7 Å². The average Bonchev–Trinajstić information content (AvgIpc) is 3.45. The number of ether oxygens (including phenoxy) is 3. The molecule has 4 unspecified atom stereocenters. The van der Waals surface area contributed by atoms with Gasteiger partial charge in [0.2, 0.25) is 5.91 Å². The third kappa shape index (κ3) is 5.01. The van der Waals surface area contributed by atoms with Crippen molar-refractivity contribution in [1.29, 1.82) is 0 Å². The smallest absolute Gasteiger partial charge is 0.307 e. The van der Waals surface area contributed by atoms with E-state index >= 15 is 0 Å². The van der Waals surface area contributed by atoms with Crippen molar-refractivity contribution in [3.05, 3.63) is 35.9 Å². The number of rotatable bonds is 10. The molecule has 8 nitrogen and oxygen atoms in total. The number of hydrogen-bond acceptors (Lipinski definition) is 6. The van der Waals surface area contributed by atoms with Gasteiger partial charge in [0.1, 0.15) is 0 Å². The first kappa shape index (κ1) is 23.6. The van der Waals surface area contributed by atoms with Gasteiger partial charge in [-0.15, -0.1) is 0 Å². The minimum atomic E-state index is -0.877. The molecule has 1 aromatic carbocycles. The molecule has 1 saturated carbocycles. The average molecular weight is 459 g/mol. The Kier molecular flexibility index (Phi) is 7.55. The van der Waals surface area contributed by atoms with Crippen LogP contribution >= 0.6 is 0 Å². The Morgan fingerprint density at radius 2 is 1.85 bits per heavy atom. The number of fused-ring (bicyclic) bond motifs is 2. The number of carboxylic acid groups (broad SMARTS) is 1. The molecule has 1 amide bonds. The Balaban J connectivity index is 1.54. The highest BCUT2D eigenvalue weighted by Gasteiger charge is 2.52. The third-order valence-electron chi connectivity index (χ3n) is 7.19. The van der Waals surface area contributed by atoms with E-state index in [1.165, 1.54) is 0 Å². The largest absolute Gasteiger partial charge is 0.493 e. The van der Waals surface area contributed by atoms with E-state index in [0.717, 1.165) is 51.3 Å². The van der Waals surface area contributed by atoms with Gasteiger partial charge in [0.15, 0.2) is 11.5 Å². The number of carboxylic acids is 1. The SMILES string of the molecule is COc1cccc(CN(CCCN2CCOCC2)C(=O)C2C3C=CC(C3)C2C(=O)O)c1OC. The Morgan fingerprint density at radius 1 is 1.12 bits per heavy atom. The van der Waals surface area contributed by atoms with E-state index in [9.17, 15) is 14.7 Å². The van der Waals surface area contributed by atoms with E-state index in [1.807, 2.05) is 35.3 Å². The maximum Gasteiger partial charge on any atom is 0.307 e. The standard InChI is InChI=1S/C25H34N2O6/c1-31-20-6-3-5-19(23(20)32-2)16-27(10-4-9-26-11-13-33-14-12-26)24(28)21-17-7-8-18(15-17)22(21)25(29)30/h3,5-8,17-18,21-22H,4,9-16H2,1-2H3,(H,29,30). The molecular formula is C25H34N2O6. The first-order valence-electron chi connectivity index (χ1n) is 11.7. The molecule has 0 aromatic heterocycles. The molecule has 2 fully saturated rings. The van der Waals surface area contributed by atoms with Crippen LogP contribution < -0.4 is 9.47 Å². The van der Waals surface area contributed by atoms with E-state index in [1.54, 1.807) is 14.2 Å². The predicted octanol–water partition coefficient (Wildman–Crippen LogP) is 2.28. The lowest BCUT2D eigenvalue weighted by atomic mass is 9.82. The van der Waals surface area contributed by atoms with Gasteiger partial charge in [-0.2, -0.15) is 0 Å². The monoisotopic (exact) mass is 458 g/mol. The Labute approximate surface area is 195 Å². The molecule has 1 saturated heterocycles. The van der Waals surface area contributed by atoms with Gasteiger partial charge < -0.3 is 24.2 Å². The van der Waals surface area contributed by atoms with E-state index < -0.39 is 17.8 Å². The highest BCUT2D eigenvalue weighted by molar-refractivity contribution is 5.87. The van der Waals surface area contributed by atoms with Gasteiger partial charge in [0, 0.05) is 38.3 Å². The van der Waals surface area contributed by atoms with E-state index in [2.05, 4.69) is 4.90 Å². The van der Waals surface area contributed by atoms with Gasteiger partial charge in [-0.1, -0.05) is 24.3 Å². The normalized spacial score (nSPS) is 26.4. The minimum absolute atomic E-state index is 0.00227. The lowest BCUT2D eigenvalue weighted by Gasteiger charge is -2.32. The van der Waals surface area contributed by atoms with Crippen molar-refractivity contribution in [2.75, 3.05) is 53.6 Å². The van der Waals surface area contributed by atoms with E-state index in [4.69, 9.17) is 14.2 Å². The first-order valence-corrected chi connectivity index (χ1v) is 11.7. The van der Waals surface area contributed by atoms with Crippen LogP contribution in [-0.4, -0.2) is 80.4 Å². The first-order chi connectivity index (χ1) is 16.0. The molecule has 2 aliphatic carbocycles. The van der Waals surface area contributed by atoms with Crippen LogP contribution in [0.1, 0.15) is 18.4 Å². The number of amides is 1. The summed E-state index contributed by atoms with van der Waals surface area (Å²) < 4.78 is 16.5. The summed E-state index contributed by atoms with van der Waals surface area (Å²) in [6.45, 7) is 5.06. The second kappa shape index (κ2) is 10.6. The summed E-state index contributed by atoms with van der Waals surface area (Å²) in [4.78, 5) is 30.0. The molecule has 33 heavy (non-hydrogen) atoms. The number of benzene rings is 1. The zero-order valence-corrected chi connectivity index (χ0v) is 19.4. The van der Waals surface area contributed by atoms with Crippen LogP contribution in [0.15, 0.2) is 30.4 Å². The molecular weight excluding hydrogens is 424 g/mol. The summed E-state index contributed by atoms with van der Waals surface area (Å²) in [6, 6.07) is 5.64. The summed E-state index contributed by atoms with van der Waals surface area (Å²) in [5.41, 5.74) is 0.849. The number of carbonyl (C=O) groups is 2. The summed E-state index contributed by atoms with van der Waals surface area (Å²) in [7, 11) is 3.18. The van der Waals surface area contributed by atoms with Crippen LogP contribution in [0.4, 0.5) is 0 Å². The lowest BCUT2D eigenvalue weighted by Crippen LogP contribution is -2.44. The number of allylic oxidation sites excluding steroid dienone is 2. The van der Waals surface area contributed by atoms with Crippen molar-refractivity contribution < 1.29 is 28.9 Å². The molecule has 8 heteroatoms. The second-order valence-corrected chi connectivity index (χ2v) is 9.06. The molecule has 2 bridgehead atoms. The van der Waals surface area contributed by atoms with Crippen LogP contribution in [0.2, 0.25) is 0 Å². The van der Waals surface area contributed by atoms with Gasteiger partial charge in [0.25, 0.3) is 0 Å². The maximum atomic E-state index is 13.8. The van der Waals surface area contributed by atoms with Crippen LogP contribution in [0, 0.1) is 23.7 Å². The number of hydrogen-bond donors (Lipinski definition) is 1. The quantitative estimate of drug-likeness (QED) is 0.538. The van der Waals surface area contributed by atoms with Crippen molar-refractivity contribution in [2.24, 2.45) is 23.7 Å². The fourth-order valence-corrected chi connectivity index (χ4v) is 5.57. The highest BCUT2D eigenvalue weighted by atomic mass is 16.5. The fourth-order valence-electron chi connectivity index (χ4n) is 5.57. The highest BCUT2D eigenvalue weighted by Crippen LogP contribution is 2.49. The topological polar surface area (TPSA) is 88.5 Å². The number of carbonyl (C=O) groups excluding carboxylic acids is 1. The van der Waals surface area contributed by atoms with Crippen LogP contribution in [0.5, 0.6) is 11.5 Å². The Bertz CT molecular complexity index is 882. The maximum absolute atomic E-state index is 13.8. The summed E-state index contributed by atoms with van der Waals surface area (Å²) in [6.07, 6.45) is 5.57.